The van der Waals surface area contributed by atoms with Gasteiger partial charge in [-0.25, -0.2) is 0 Å². The maximum Gasteiger partial charge on any atom is 0.135 e. The summed E-state index contributed by atoms with van der Waals surface area (Å²) in [5.74, 6) is 0.218. The van der Waals surface area contributed by atoms with E-state index in [-0.39, 0.29) is 36.6 Å². The molecule has 1 aliphatic heterocycles. The van der Waals surface area contributed by atoms with Crippen molar-refractivity contribution in [3.63, 3.8) is 0 Å². The summed E-state index contributed by atoms with van der Waals surface area (Å²) in [7, 11) is 0. The Labute approximate surface area is 166 Å². The molecule has 2 heterocycles. The Bertz CT molecular complexity index is 700. The normalized spacial score (nSPS) is 15.7. The largest absolute Gasteiger partial charge is 0.506 e. The second-order valence-electron chi connectivity index (χ2n) is 5.21. The molecule has 3 rings (SSSR count). The molecule has 0 radical (unpaired) electrons. The van der Waals surface area contributed by atoms with Gasteiger partial charge in [0.15, 0.2) is 0 Å². The highest BCUT2D eigenvalue weighted by Gasteiger charge is 2.28. The van der Waals surface area contributed by atoms with Gasteiger partial charge in [-0.2, -0.15) is 5.26 Å². The van der Waals surface area contributed by atoms with Crippen LogP contribution >= 0.6 is 52.1 Å². The van der Waals surface area contributed by atoms with E-state index in [9.17, 15) is 10.4 Å². The van der Waals surface area contributed by atoms with Gasteiger partial charge in [-0.3, -0.25) is 4.90 Å². The van der Waals surface area contributed by atoms with Crippen molar-refractivity contribution in [3.05, 3.63) is 50.1 Å². The number of hydrogen-bond acceptors (Lipinski definition) is 5. The van der Waals surface area contributed by atoms with E-state index in [4.69, 9.17) is 0 Å². The van der Waals surface area contributed by atoms with Gasteiger partial charge in [0.1, 0.15) is 5.75 Å². The van der Waals surface area contributed by atoms with E-state index < -0.39 is 0 Å². The summed E-state index contributed by atoms with van der Waals surface area (Å²) in [6, 6.07) is 9.71. The Hall–Kier alpha value is -0.810. The molecule has 2 aromatic rings. The first-order chi connectivity index (χ1) is 10.7. The molecule has 0 amide bonds. The third-order valence-corrected chi connectivity index (χ3v) is 5.38. The topological polar surface area (TPSA) is 59.3 Å². The van der Waals surface area contributed by atoms with Crippen molar-refractivity contribution in [2.24, 2.45) is 0 Å². The molecule has 1 atom stereocenters. The van der Waals surface area contributed by atoms with Gasteiger partial charge in [-0.05, 0) is 39.5 Å². The molecule has 4 nitrogen and oxygen atoms in total. The molecule has 0 aliphatic carbocycles. The zero-order valence-corrected chi connectivity index (χ0v) is 16.8. The van der Waals surface area contributed by atoms with E-state index in [1.54, 1.807) is 23.5 Å². The predicted octanol–water partition coefficient (Wildman–Crippen LogP) is 3.93. The number of thiophene rings is 1. The number of aromatic hydroxyl groups is 1. The average Bonchev–Trinajstić information content (AvgIpc) is 3.06. The summed E-state index contributed by atoms with van der Waals surface area (Å²) in [6.45, 7) is 3.69. The number of nitrogens with one attached hydrogen (secondary N) is 1. The molecule has 130 valence electrons. The van der Waals surface area contributed by atoms with E-state index in [0.717, 1.165) is 31.7 Å². The van der Waals surface area contributed by atoms with Gasteiger partial charge in [-0.1, -0.05) is 6.07 Å². The minimum atomic E-state index is -0.0216. The van der Waals surface area contributed by atoms with Gasteiger partial charge < -0.3 is 10.4 Å². The molecule has 8 heteroatoms. The van der Waals surface area contributed by atoms with E-state index in [1.807, 2.05) is 11.4 Å². The Kier molecular flexibility index (Phi) is 8.51. The number of rotatable bonds is 3. The van der Waals surface area contributed by atoms with Crippen LogP contribution in [-0.4, -0.2) is 36.2 Å². The highest BCUT2D eigenvalue weighted by atomic mass is 79.9. The first kappa shape index (κ1) is 21.2. The Balaban J connectivity index is 0.00000144. The Morgan fingerprint density at radius 2 is 2.00 bits per heavy atom. The predicted molar refractivity (Wildman–Crippen MR) is 106 cm³/mol. The van der Waals surface area contributed by atoms with Crippen LogP contribution in [0.3, 0.4) is 0 Å². The van der Waals surface area contributed by atoms with Crippen molar-refractivity contribution in [2.75, 3.05) is 26.2 Å². The zero-order valence-electron chi connectivity index (χ0n) is 12.7. The lowest BCUT2D eigenvalue weighted by Gasteiger charge is -2.35. The van der Waals surface area contributed by atoms with Crippen molar-refractivity contribution in [1.29, 1.82) is 5.26 Å². The van der Waals surface area contributed by atoms with E-state index in [0.29, 0.717) is 10.0 Å². The molecule has 1 aromatic carbocycles. The maximum atomic E-state index is 10.5. The number of phenols is 1. The summed E-state index contributed by atoms with van der Waals surface area (Å²) in [4.78, 5) is 3.53. The highest BCUT2D eigenvalue weighted by molar-refractivity contribution is 9.10. The Morgan fingerprint density at radius 3 is 2.58 bits per heavy atom. The average molecular weight is 451 g/mol. The maximum absolute atomic E-state index is 10.5. The number of phenolic OH excluding ortho intramolecular Hbond substituents is 1. The van der Waals surface area contributed by atoms with Crippen LogP contribution < -0.4 is 5.32 Å². The van der Waals surface area contributed by atoms with Crippen molar-refractivity contribution in [1.82, 2.24) is 10.2 Å². The summed E-state index contributed by atoms with van der Waals surface area (Å²) in [6.07, 6.45) is 0. The van der Waals surface area contributed by atoms with Crippen LogP contribution in [0.4, 0.5) is 0 Å². The molecule has 0 saturated carbocycles. The molecule has 1 fully saturated rings. The van der Waals surface area contributed by atoms with Gasteiger partial charge in [0.25, 0.3) is 0 Å². The summed E-state index contributed by atoms with van der Waals surface area (Å²) < 4.78 is 0.568. The molecule has 0 spiro atoms. The van der Waals surface area contributed by atoms with Gasteiger partial charge in [0, 0.05) is 36.6 Å². The van der Waals surface area contributed by atoms with Gasteiger partial charge in [0.05, 0.1) is 22.1 Å². The van der Waals surface area contributed by atoms with Crippen molar-refractivity contribution in [2.45, 2.75) is 6.04 Å². The van der Waals surface area contributed by atoms with Crippen molar-refractivity contribution < 1.29 is 5.11 Å². The molecule has 0 bridgehead atoms. The van der Waals surface area contributed by atoms with Crippen LogP contribution in [-0.2, 0) is 0 Å². The fourth-order valence-electron chi connectivity index (χ4n) is 2.81. The minimum Gasteiger partial charge on any atom is -0.506 e. The monoisotopic (exact) mass is 449 g/mol. The van der Waals surface area contributed by atoms with E-state index >= 15 is 0 Å². The highest BCUT2D eigenvalue weighted by Crippen LogP contribution is 2.40. The Morgan fingerprint density at radius 1 is 1.29 bits per heavy atom. The number of nitriles is 1. The fourth-order valence-corrected chi connectivity index (χ4v) is 4.16. The van der Waals surface area contributed by atoms with Crippen LogP contribution in [0.2, 0.25) is 0 Å². The lowest BCUT2D eigenvalue weighted by Crippen LogP contribution is -2.45. The van der Waals surface area contributed by atoms with E-state index in [1.165, 1.54) is 4.88 Å². The summed E-state index contributed by atoms with van der Waals surface area (Å²) >= 11 is 5.04. The van der Waals surface area contributed by atoms with Crippen LogP contribution in [0.15, 0.2) is 34.1 Å². The third-order valence-electron chi connectivity index (χ3n) is 3.85. The van der Waals surface area contributed by atoms with Gasteiger partial charge in [0.2, 0.25) is 0 Å². The number of hydrogen-bond donors (Lipinski definition) is 2. The second-order valence-corrected chi connectivity index (χ2v) is 7.05. The smallest absolute Gasteiger partial charge is 0.135 e. The molecule has 1 saturated heterocycles. The number of piperazine rings is 1. The molecule has 1 aromatic heterocycles. The van der Waals surface area contributed by atoms with Crippen LogP contribution in [0, 0.1) is 11.3 Å². The molecule has 0 unspecified atom stereocenters. The standard InChI is InChI=1S/C16H16BrN3OS.2ClH/c17-13-9-11(10-18)8-12(16(13)21)15(14-2-1-7-22-14)20-5-3-19-4-6-20;;/h1-2,7-9,15,19,21H,3-6H2;2*1H/t15-;;/m1../s1. The SMILES string of the molecule is Cl.Cl.N#Cc1cc(Br)c(O)c([C@H](c2cccs2)N2CCNCC2)c1. The lowest BCUT2D eigenvalue weighted by atomic mass is 9.99. The fraction of sp³-hybridized carbons (Fsp3) is 0.312. The molecular formula is C16H18BrCl2N3OS. The molecule has 24 heavy (non-hydrogen) atoms. The number of halogens is 3. The van der Waals surface area contributed by atoms with Crippen LogP contribution in [0.25, 0.3) is 0 Å². The van der Waals surface area contributed by atoms with Gasteiger partial charge in [-0.15, -0.1) is 36.2 Å². The number of nitrogens with zero attached hydrogens (tertiary/aromatic N) is 2. The van der Waals surface area contributed by atoms with Gasteiger partial charge >= 0.3 is 0 Å². The first-order valence-corrected chi connectivity index (χ1v) is 8.78. The molecule has 2 N–H and O–H groups in total. The van der Waals surface area contributed by atoms with E-state index in [2.05, 4.69) is 38.3 Å². The third kappa shape index (κ3) is 4.42. The lowest BCUT2D eigenvalue weighted by molar-refractivity contribution is 0.198. The first-order valence-electron chi connectivity index (χ1n) is 7.11. The number of benzene rings is 1. The van der Waals surface area contributed by atoms with Crippen LogP contribution in [0.1, 0.15) is 22.0 Å². The van der Waals surface area contributed by atoms with Crippen molar-refractivity contribution in [3.8, 4) is 11.8 Å². The molecular weight excluding hydrogens is 433 g/mol. The zero-order chi connectivity index (χ0) is 15.5. The molecule has 1 aliphatic rings. The quantitative estimate of drug-likeness (QED) is 0.743. The van der Waals surface area contributed by atoms with Crippen LogP contribution in [0.5, 0.6) is 5.75 Å². The summed E-state index contributed by atoms with van der Waals surface area (Å²) in [5.41, 5.74) is 1.34. The minimum absolute atomic E-state index is 0. The second kappa shape index (κ2) is 9.62. The summed E-state index contributed by atoms with van der Waals surface area (Å²) in [5, 5.41) is 25.1. The van der Waals surface area contributed by atoms with Crippen molar-refractivity contribution >= 4 is 52.1 Å².